The summed E-state index contributed by atoms with van der Waals surface area (Å²) in [6.45, 7) is 6.65. The molecule has 8 nitrogen and oxygen atoms in total. The van der Waals surface area contributed by atoms with Crippen LogP contribution >= 0.6 is 0 Å². The van der Waals surface area contributed by atoms with Crippen LogP contribution in [-0.4, -0.2) is 73.9 Å². The van der Waals surface area contributed by atoms with E-state index in [0.717, 1.165) is 61.3 Å². The van der Waals surface area contributed by atoms with Crippen LogP contribution in [0.25, 0.3) is 0 Å². The standard InChI is InChI=1S/C23H28N2O6/c26-19(14-27-13-18-2-4-21-23(10-18)31-16-29-21)12-25-7-5-24(6-8-25)11-17-1-3-20-22(9-17)30-15-28-20/h1-4,9-10,19,26H,5-8,11-16H2. The molecule has 3 aliphatic heterocycles. The number of rotatable bonds is 8. The van der Waals surface area contributed by atoms with Crippen molar-refractivity contribution in [2.24, 2.45) is 0 Å². The monoisotopic (exact) mass is 428 g/mol. The van der Waals surface area contributed by atoms with Gasteiger partial charge in [-0.15, -0.1) is 0 Å². The van der Waals surface area contributed by atoms with E-state index >= 15 is 0 Å². The van der Waals surface area contributed by atoms with Crippen molar-refractivity contribution in [3.8, 4) is 23.0 Å². The Kier molecular flexibility index (Phi) is 6.13. The minimum absolute atomic E-state index is 0.266. The molecule has 2 aromatic rings. The Hall–Kier alpha value is -2.52. The summed E-state index contributed by atoms with van der Waals surface area (Å²) in [5.74, 6) is 3.17. The van der Waals surface area contributed by atoms with Gasteiger partial charge in [-0.3, -0.25) is 9.80 Å². The van der Waals surface area contributed by atoms with E-state index in [-0.39, 0.29) is 6.79 Å². The molecule has 3 heterocycles. The molecule has 8 heteroatoms. The SMILES string of the molecule is OC(COCc1ccc2c(c1)OCO2)CN1CCN(Cc2ccc3c(c2)OCO3)CC1. The van der Waals surface area contributed by atoms with Crippen LogP contribution < -0.4 is 18.9 Å². The molecule has 0 saturated carbocycles. The van der Waals surface area contributed by atoms with E-state index in [0.29, 0.717) is 26.6 Å². The summed E-state index contributed by atoms with van der Waals surface area (Å²) in [5, 5.41) is 10.4. The second-order valence-electron chi connectivity index (χ2n) is 8.12. The first-order valence-corrected chi connectivity index (χ1v) is 10.7. The van der Waals surface area contributed by atoms with Crippen molar-refractivity contribution in [2.75, 3.05) is 52.9 Å². The van der Waals surface area contributed by atoms with E-state index < -0.39 is 6.10 Å². The zero-order chi connectivity index (χ0) is 21.0. The lowest BCUT2D eigenvalue weighted by Gasteiger charge is -2.35. The summed E-state index contributed by atoms with van der Waals surface area (Å²) >= 11 is 0. The Bertz CT molecular complexity index is 900. The van der Waals surface area contributed by atoms with Crippen LogP contribution in [0.4, 0.5) is 0 Å². The van der Waals surface area contributed by atoms with E-state index in [1.807, 2.05) is 24.3 Å². The Balaban J connectivity index is 1.01. The maximum Gasteiger partial charge on any atom is 0.231 e. The third-order valence-electron chi connectivity index (χ3n) is 5.79. The molecule has 0 spiro atoms. The van der Waals surface area contributed by atoms with E-state index in [1.54, 1.807) is 0 Å². The minimum atomic E-state index is -0.505. The highest BCUT2D eigenvalue weighted by molar-refractivity contribution is 5.45. The predicted octanol–water partition coefficient (Wildman–Crippen LogP) is 1.84. The molecular weight excluding hydrogens is 400 g/mol. The Morgan fingerprint density at radius 1 is 0.774 bits per heavy atom. The average Bonchev–Trinajstić information content (AvgIpc) is 3.43. The summed E-state index contributed by atoms with van der Waals surface area (Å²) in [6, 6.07) is 11.9. The molecule has 1 unspecified atom stereocenters. The first-order chi connectivity index (χ1) is 15.2. The van der Waals surface area contributed by atoms with E-state index in [4.69, 9.17) is 23.7 Å². The Morgan fingerprint density at radius 3 is 2.06 bits per heavy atom. The number of ether oxygens (including phenoxy) is 5. The van der Waals surface area contributed by atoms with Gasteiger partial charge in [0.25, 0.3) is 0 Å². The number of piperazine rings is 1. The topological polar surface area (TPSA) is 72.9 Å². The Labute approximate surface area is 181 Å². The van der Waals surface area contributed by atoms with Gasteiger partial charge < -0.3 is 28.8 Å². The molecule has 1 atom stereocenters. The molecule has 0 amide bonds. The van der Waals surface area contributed by atoms with Gasteiger partial charge in [0.05, 0.1) is 19.3 Å². The lowest BCUT2D eigenvalue weighted by molar-refractivity contribution is 0.000851. The second-order valence-corrected chi connectivity index (χ2v) is 8.12. The van der Waals surface area contributed by atoms with Crippen molar-refractivity contribution in [2.45, 2.75) is 19.3 Å². The highest BCUT2D eigenvalue weighted by Crippen LogP contribution is 2.33. The van der Waals surface area contributed by atoms with Crippen molar-refractivity contribution in [1.82, 2.24) is 9.80 Å². The first kappa shape index (κ1) is 20.4. The van der Waals surface area contributed by atoms with Gasteiger partial charge in [0.1, 0.15) is 0 Å². The molecule has 0 aromatic heterocycles. The summed E-state index contributed by atoms with van der Waals surface area (Å²) in [4.78, 5) is 4.72. The van der Waals surface area contributed by atoms with Gasteiger partial charge in [0.15, 0.2) is 23.0 Å². The van der Waals surface area contributed by atoms with E-state index in [1.165, 1.54) is 5.56 Å². The quantitative estimate of drug-likeness (QED) is 0.683. The summed E-state index contributed by atoms with van der Waals surface area (Å²) in [7, 11) is 0. The van der Waals surface area contributed by atoms with E-state index in [2.05, 4.69) is 21.9 Å². The third kappa shape index (κ3) is 5.04. The van der Waals surface area contributed by atoms with Gasteiger partial charge in [0.2, 0.25) is 13.6 Å². The molecule has 166 valence electrons. The number of β-amino-alcohol motifs (C(OH)–C–C–N with tert-alkyl or cyclic N) is 1. The summed E-state index contributed by atoms with van der Waals surface area (Å²) in [5.41, 5.74) is 2.24. The molecule has 0 aliphatic carbocycles. The van der Waals surface area contributed by atoms with Crippen LogP contribution in [0.15, 0.2) is 36.4 Å². The number of aliphatic hydroxyl groups excluding tert-OH is 1. The highest BCUT2D eigenvalue weighted by atomic mass is 16.7. The fourth-order valence-electron chi connectivity index (χ4n) is 4.12. The smallest absolute Gasteiger partial charge is 0.231 e. The first-order valence-electron chi connectivity index (χ1n) is 10.7. The molecule has 1 N–H and O–H groups in total. The zero-order valence-corrected chi connectivity index (χ0v) is 17.5. The van der Waals surface area contributed by atoms with E-state index in [9.17, 15) is 5.11 Å². The average molecular weight is 428 g/mol. The molecule has 5 rings (SSSR count). The molecule has 3 aliphatic rings. The number of nitrogens with zero attached hydrogens (tertiary/aromatic N) is 2. The number of fused-ring (bicyclic) bond motifs is 2. The second kappa shape index (κ2) is 9.32. The largest absolute Gasteiger partial charge is 0.454 e. The molecule has 1 fully saturated rings. The molecule has 0 radical (unpaired) electrons. The van der Waals surface area contributed by atoms with Gasteiger partial charge in [0, 0.05) is 39.3 Å². The molecular formula is C23H28N2O6. The fourth-order valence-corrected chi connectivity index (χ4v) is 4.12. The Morgan fingerprint density at radius 2 is 1.35 bits per heavy atom. The third-order valence-corrected chi connectivity index (χ3v) is 5.79. The normalized spacial score (nSPS) is 19.0. The van der Waals surface area contributed by atoms with Crippen LogP contribution in [0.3, 0.4) is 0 Å². The highest BCUT2D eigenvalue weighted by Gasteiger charge is 2.21. The molecule has 2 aromatic carbocycles. The van der Waals surface area contributed by atoms with Crippen LogP contribution in [0.2, 0.25) is 0 Å². The fraction of sp³-hybridized carbons (Fsp3) is 0.478. The van der Waals surface area contributed by atoms with Gasteiger partial charge >= 0.3 is 0 Å². The maximum atomic E-state index is 10.4. The van der Waals surface area contributed by atoms with Crippen LogP contribution in [0, 0.1) is 0 Å². The van der Waals surface area contributed by atoms with Gasteiger partial charge in [-0.05, 0) is 35.4 Å². The van der Waals surface area contributed by atoms with Gasteiger partial charge in [-0.2, -0.15) is 0 Å². The number of hydrogen-bond donors (Lipinski definition) is 1. The molecule has 31 heavy (non-hydrogen) atoms. The number of hydrogen-bond acceptors (Lipinski definition) is 8. The van der Waals surface area contributed by atoms with Crippen LogP contribution in [0.5, 0.6) is 23.0 Å². The van der Waals surface area contributed by atoms with Crippen molar-refractivity contribution in [3.63, 3.8) is 0 Å². The van der Waals surface area contributed by atoms with Gasteiger partial charge in [-0.25, -0.2) is 0 Å². The van der Waals surface area contributed by atoms with Crippen LogP contribution in [-0.2, 0) is 17.9 Å². The molecule has 1 saturated heterocycles. The number of benzene rings is 2. The van der Waals surface area contributed by atoms with Crippen molar-refractivity contribution in [1.29, 1.82) is 0 Å². The lowest BCUT2D eigenvalue weighted by Crippen LogP contribution is -2.48. The predicted molar refractivity (Wildman–Crippen MR) is 113 cm³/mol. The van der Waals surface area contributed by atoms with Gasteiger partial charge in [-0.1, -0.05) is 12.1 Å². The summed E-state index contributed by atoms with van der Waals surface area (Å²) in [6.07, 6.45) is -0.505. The molecule has 0 bridgehead atoms. The zero-order valence-electron chi connectivity index (χ0n) is 17.5. The summed E-state index contributed by atoms with van der Waals surface area (Å²) < 4.78 is 27.3. The minimum Gasteiger partial charge on any atom is -0.454 e. The van der Waals surface area contributed by atoms with Crippen molar-refractivity contribution in [3.05, 3.63) is 47.5 Å². The van der Waals surface area contributed by atoms with Crippen molar-refractivity contribution < 1.29 is 28.8 Å². The number of aliphatic hydroxyl groups is 1. The van der Waals surface area contributed by atoms with Crippen molar-refractivity contribution >= 4 is 0 Å². The lowest BCUT2D eigenvalue weighted by atomic mass is 10.1. The van der Waals surface area contributed by atoms with Crippen LogP contribution in [0.1, 0.15) is 11.1 Å². The maximum absolute atomic E-state index is 10.4.